The Bertz CT molecular complexity index is 256. The maximum atomic E-state index is 5.60. The molecule has 0 saturated carbocycles. The van der Waals surface area contributed by atoms with Gasteiger partial charge in [0, 0.05) is 4.90 Å². The van der Waals surface area contributed by atoms with E-state index in [0.29, 0.717) is 0 Å². The molecule has 0 aliphatic rings. The molecule has 0 spiro atoms. The molecule has 14 heavy (non-hydrogen) atoms. The maximum Gasteiger partial charge on any atom is 0.119 e. The fourth-order valence-electron chi connectivity index (χ4n) is 1.12. The zero-order valence-electron chi connectivity index (χ0n) is 8.86. The molecule has 0 aliphatic heterocycles. The van der Waals surface area contributed by atoms with Gasteiger partial charge in [-0.1, -0.05) is 20.3 Å². The first kappa shape index (κ1) is 11.4. The largest absolute Gasteiger partial charge is 0.494 e. The summed E-state index contributed by atoms with van der Waals surface area (Å²) in [5.41, 5.74) is 0. The van der Waals surface area contributed by atoms with Crippen LogP contribution in [0.2, 0.25) is 0 Å². The second-order valence-electron chi connectivity index (χ2n) is 3.64. The van der Waals surface area contributed by atoms with Gasteiger partial charge in [-0.25, -0.2) is 0 Å². The normalized spacial score (nSPS) is 12.5. The van der Waals surface area contributed by atoms with Gasteiger partial charge in [-0.2, -0.15) is 0 Å². The molecular weight excluding hydrogens is 192 g/mol. The third kappa shape index (κ3) is 4.05. The molecule has 1 atom stereocenters. The summed E-state index contributed by atoms with van der Waals surface area (Å²) in [6.45, 7) is 5.27. The molecule has 1 aromatic rings. The summed E-state index contributed by atoms with van der Waals surface area (Å²) < 4.78 is 5.60. The maximum absolute atomic E-state index is 5.60. The van der Waals surface area contributed by atoms with E-state index in [-0.39, 0.29) is 0 Å². The Kier molecular flexibility index (Phi) is 4.88. The Labute approximate surface area is 91.9 Å². The Balaban J connectivity index is 2.28. The van der Waals surface area contributed by atoms with Crippen LogP contribution in [0.25, 0.3) is 0 Å². The lowest BCUT2D eigenvalue weighted by atomic mass is 10.1. The summed E-state index contributed by atoms with van der Waals surface area (Å²) in [7, 11) is 0. The molecule has 0 bridgehead atoms. The summed E-state index contributed by atoms with van der Waals surface area (Å²) in [5.74, 6) is 1.69. The lowest BCUT2D eigenvalue weighted by Crippen LogP contribution is -2.02. The molecular formula is C12H18OS. The van der Waals surface area contributed by atoms with Crippen molar-refractivity contribution >= 4 is 12.6 Å². The summed E-state index contributed by atoms with van der Waals surface area (Å²) in [5, 5.41) is 0. The lowest BCUT2D eigenvalue weighted by molar-refractivity contribution is 0.281. The first-order valence-corrected chi connectivity index (χ1v) is 5.59. The predicted molar refractivity (Wildman–Crippen MR) is 63.3 cm³/mol. The van der Waals surface area contributed by atoms with Crippen molar-refractivity contribution in [1.29, 1.82) is 0 Å². The van der Waals surface area contributed by atoms with Crippen molar-refractivity contribution in [2.45, 2.75) is 31.6 Å². The monoisotopic (exact) mass is 210 g/mol. The Morgan fingerprint density at radius 2 is 1.93 bits per heavy atom. The van der Waals surface area contributed by atoms with Crippen molar-refractivity contribution < 1.29 is 4.74 Å². The molecule has 1 rings (SSSR count). The fraction of sp³-hybridized carbons (Fsp3) is 0.500. The number of benzene rings is 1. The second-order valence-corrected chi connectivity index (χ2v) is 4.16. The van der Waals surface area contributed by atoms with Gasteiger partial charge in [-0.15, -0.1) is 12.6 Å². The first-order chi connectivity index (χ1) is 6.72. The van der Waals surface area contributed by atoms with Crippen LogP contribution in [0.5, 0.6) is 5.75 Å². The number of ether oxygens (including phenoxy) is 1. The van der Waals surface area contributed by atoms with Crippen LogP contribution < -0.4 is 4.74 Å². The molecule has 0 heterocycles. The van der Waals surface area contributed by atoms with Gasteiger partial charge in [0.05, 0.1) is 6.61 Å². The van der Waals surface area contributed by atoms with Crippen molar-refractivity contribution in [3.63, 3.8) is 0 Å². The van der Waals surface area contributed by atoms with Crippen LogP contribution in [-0.4, -0.2) is 6.61 Å². The van der Waals surface area contributed by atoms with E-state index in [9.17, 15) is 0 Å². The van der Waals surface area contributed by atoms with Crippen molar-refractivity contribution in [1.82, 2.24) is 0 Å². The molecule has 1 aromatic carbocycles. The predicted octanol–water partition coefficient (Wildman–Crippen LogP) is 3.79. The SMILES string of the molecule is CCC(C)CCOc1ccc(S)cc1. The van der Waals surface area contributed by atoms with Crippen molar-refractivity contribution in [2.24, 2.45) is 5.92 Å². The van der Waals surface area contributed by atoms with Crippen LogP contribution in [0.15, 0.2) is 29.2 Å². The molecule has 1 unspecified atom stereocenters. The minimum absolute atomic E-state index is 0.749. The molecule has 0 N–H and O–H groups in total. The minimum atomic E-state index is 0.749. The van der Waals surface area contributed by atoms with Gasteiger partial charge in [0.15, 0.2) is 0 Å². The molecule has 0 aromatic heterocycles. The number of hydrogen-bond donors (Lipinski definition) is 1. The van der Waals surface area contributed by atoms with Gasteiger partial charge in [0.25, 0.3) is 0 Å². The van der Waals surface area contributed by atoms with E-state index >= 15 is 0 Å². The third-order valence-corrected chi connectivity index (χ3v) is 2.71. The van der Waals surface area contributed by atoms with Gasteiger partial charge in [-0.05, 0) is 36.6 Å². The van der Waals surface area contributed by atoms with E-state index in [1.807, 2.05) is 24.3 Å². The first-order valence-electron chi connectivity index (χ1n) is 5.14. The number of thiol groups is 1. The second kappa shape index (κ2) is 5.97. The van der Waals surface area contributed by atoms with E-state index in [0.717, 1.165) is 29.6 Å². The molecule has 0 saturated heterocycles. The average molecular weight is 210 g/mol. The Morgan fingerprint density at radius 3 is 2.50 bits per heavy atom. The van der Waals surface area contributed by atoms with Crippen molar-refractivity contribution in [2.75, 3.05) is 6.61 Å². The summed E-state index contributed by atoms with van der Waals surface area (Å²) >= 11 is 4.21. The van der Waals surface area contributed by atoms with E-state index < -0.39 is 0 Å². The van der Waals surface area contributed by atoms with Crippen molar-refractivity contribution in [3.05, 3.63) is 24.3 Å². The molecule has 1 nitrogen and oxygen atoms in total. The van der Waals surface area contributed by atoms with Gasteiger partial charge in [0.1, 0.15) is 5.75 Å². The highest BCUT2D eigenvalue weighted by atomic mass is 32.1. The summed E-state index contributed by atoms with van der Waals surface area (Å²) in [6.07, 6.45) is 2.35. The third-order valence-electron chi connectivity index (χ3n) is 2.41. The van der Waals surface area contributed by atoms with E-state index in [1.165, 1.54) is 6.42 Å². The van der Waals surface area contributed by atoms with Gasteiger partial charge >= 0.3 is 0 Å². The highest BCUT2D eigenvalue weighted by molar-refractivity contribution is 7.80. The molecule has 0 aliphatic carbocycles. The highest BCUT2D eigenvalue weighted by Crippen LogP contribution is 2.15. The fourth-order valence-corrected chi connectivity index (χ4v) is 1.27. The van der Waals surface area contributed by atoms with E-state index in [2.05, 4.69) is 26.5 Å². The van der Waals surface area contributed by atoms with Gasteiger partial charge in [0.2, 0.25) is 0 Å². The van der Waals surface area contributed by atoms with Crippen molar-refractivity contribution in [3.8, 4) is 5.75 Å². The zero-order valence-corrected chi connectivity index (χ0v) is 9.76. The molecule has 0 amide bonds. The Morgan fingerprint density at radius 1 is 1.29 bits per heavy atom. The quantitative estimate of drug-likeness (QED) is 0.727. The van der Waals surface area contributed by atoms with Crippen LogP contribution in [-0.2, 0) is 0 Å². The van der Waals surface area contributed by atoms with Crippen LogP contribution in [0.4, 0.5) is 0 Å². The summed E-state index contributed by atoms with van der Waals surface area (Å²) in [6, 6.07) is 7.81. The zero-order chi connectivity index (χ0) is 10.4. The highest BCUT2D eigenvalue weighted by Gasteiger charge is 1.99. The van der Waals surface area contributed by atoms with Crippen LogP contribution in [0, 0.1) is 5.92 Å². The lowest BCUT2D eigenvalue weighted by Gasteiger charge is -2.09. The van der Waals surface area contributed by atoms with Crippen LogP contribution in [0.3, 0.4) is 0 Å². The molecule has 0 radical (unpaired) electrons. The average Bonchev–Trinajstić information content (AvgIpc) is 2.21. The van der Waals surface area contributed by atoms with E-state index in [4.69, 9.17) is 4.74 Å². The molecule has 78 valence electrons. The van der Waals surface area contributed by atoms with E-state index in [1.54, 1.807) is 0 Å². The number of rotatable bonds is 5. The summed E-state index contributed by atoms with van der Waals surface area (Å²) in [4.78, 5) is 0.972. The molecule has 2 heteroatoms. The van der Waals surface area contributed by atoms with Crippen LogP contribution >= 0.6 is 12.6 Å². The minimum Gasteiger partial charge on any atom is -0.494 e. The molecule has 0 fully saturated rings. The topological polar surface area (TPSA) is 9.23 Å². The smallest absolute Gasteiger partial charge is 0.119 e. The van der Waals surface area contributed by atoms with Gasteiger partial charge < -0.3 is 4.74 Å². The van der Waals surface area contributed by atoms with Crippen LogP contribution in [0.1, 0.15) is 26.7 Å². The van der Waals surface area contributed by atoms with Gasteiger partial charge in [-0.3, -0.25) is 0 Å². The standard InChI is InChI=1S/C12H18OS/c1-3-10(2)8-9-13-11-4-6-12(14)7-5-11/h4-7,10,14H,3,8-9H2,1-2H3. The Hall–Kier alpha value is -0.630. The number of hydrogen-bond acceptors (Lipinski definition) is 2.